The second kappa shape index (κ2) is 4.04. The van der Waals surface area contributed by atoms with E-state index in [0.29, 0.717) is 6.61 Å². The molecule has 0 radical (unpaired) electrons. The summed E-state index contributed by atoms with van der Waals surface area (Å²) in [5.74, 6) is 0. The number of carbonyl (C=O) groups is 1. The van der Waals surface area contributed by atoms with Crippen molar-refractivity contribution in [1.29, 1.82) is 0 Å². The molecule has 0 fully saturated rings. The molecule has 0 saturated carbocycles. The number of fused-ring (bicyclic) bond motifs is 1. The highest BCUT2D eigenvalue weighted by Crippen LogP contribution is 2.13. The molecular weight excluding hydrogens is 192 g/mol. The van der Waals surface area contributed by atoms with Crippen LogP contribution >= 0.6 is 0 Å². The van der Waals surface area contributed by atoms with Crippen LogP contribution < -0.4 is 5.43 Å². The molecule has 1 aromatic heterocycles. The Labute approximate surface area is 87.4 Å². The van der Waals surface area contributed by atoms with Crippen LogP contribution in [0.15, 0.2) is 36.5 Å². The number of amides is 1. The molecule has 0 atom stereocenters. The molecule has 1 heterocycles. The Hall–Kier alpha value is -1.97. The molecule has 0 aliphatic rings. The Kier molecular flexibility index (Phi) is 2.58. The first kappa shape index (κ1) is 9.58. The van der Waals surface area contributed by atoms with Crippen molar-refractivity contribution >= 4 is 17.0 Å². The summed E-state index contributed by atoms with van der Waals surface area (Å²) in [4.78, 5) is 11.2. The molecule has 0 aliphatic heterocycles. The van der Waals surface area contributed by atoms with E-state index in [1.807, 2.05) is 30.3 Å². The van der Waals surface area contributed by atoms with Crippen molar-refractivity contribution in [2.24, 2.45) is 0 Å². The smallest absolute Gasteiger partial charge is 0.426 e. The Balaban J connectivity index is 2.25. The molecule has 2 aromatic rings. The van der Waals surface area contributed by atoms with Crippen molar-refractivity contribution in [1.82, 2.24) is 4.68 Å². The van der Waals surface area contributed by atoms with Crippen molar-refractivity contribution in [3.63, 3.8) is 0 Å². The van der Waals surface area contributed by atoms with Crippen molar-refractivity contribution in [2.45, 2.75) is 6.92 Å². The summed E-state index contributed by atoms with van der Waals surface area (Å²) in [5, 5.41) is 1.08. The van der Waals surface area contributed by atoms with Gasteiger partial charge in [-0.25, -0.2) is 10.2 Å². The van der Waals surface area contributed by atoms with Crippen LogP contribution in [0.3, 0.4) is 0 Å². The van der Waals surface area contributed by atoms with Crippen LogP contribution in [0.4, 0.5) is 4.79 Å². The predicted octanol–water partition coefficient (Wildman–Crippen LogP) is 2.34. The molecular formula is C11H12N2O2. The fraction of sp³-hybridized carbons (Fsp3) is 0.182. The number of aromatic nitrogens is 1. The van der Waals surface area contributed by atoms with Gasteiger partial charge in [0.25, 0.3) is 0 Å². The highest BCUT2D eigenvalue weighted by molar-refractivity contribution is 5.84. The van der Waals surface area contributed by atoms with Crippen molar-refractivity contribution in [2.75, 3.05) is 12.0 Å². The summed E-state index contributed by atoms with van der Waals surface area (Å²) in [5.41, 5.74) is 3.57. The minimum absolute atomic E-state index is 0.366. The summed E-state index contributed by atoms with van der Waals surface area (Å²) in [7, 11) is 0. The van der Waals surface area contributed by atoms with E-state index in [1.54, 1.807) is 17.8 Å². The highest BCUT2D eigenvalue weighted by Gasteiger charge is 2.03. The van der Waals surface area contributed by atoms with Crippen molar-refractivity contribution in [3.8, 4) is 0 Å². The molecule has 0 saturated heterocycles. The average molecular weight is 204 g/mol. The van der Waals surface area contributed by atoms with Gasteiger partial charge in [-0.3, -0.25) is 4.68 Å². The second-order valence-electron chi connectivity index (χ2n) is 3.08. The maximum atomic E-state index is 11.2. The molecule has 0 aliphatic carbocycles. The van der Waals surface area contributed by atoms with E-state index in [9.17, 15) is 4.79 Å². The fourth-order valence-electron chi connectivity index (χ4n) is 1.44. The van der Waals surface area contributed by atoms with Gasteiger partial charge in [-0.1, -0.05) is 18.2 Å². The lowest BCUT2D eigenvalue weighted by Gasteiger charge is -2.07. The molecule has 78 valence electrons. The molecule has 0 unspecified atom stereocenters. The van der Waals surface area contributed by atoms with Gasteiger partial charge in [-0.2, -0.15) is 0 Å². The third-order valence-corrected chi connectivity index (χ3v) is 2.09. The van der Waals surface area contributed by atoms with E-state index in [-0.39, 0.29) is 0 Å². The largest absolute Gasteiger partial charge is 0.449 e. The Morgan fingerprint density at radius 3 is 3.00 bits per heavy atom. The zero-order valence-corrected chi connectivity index (χ0v) is 8.43. The Morgan fingerprint density at radius 1 is 1.40 bits per heavy atom. The molecule has 1 aromatic carbocycles. The van der Waals surface area contributed by atoms with Gasteiger partial charge in [0.15, 0.2) is 0 Å². The molecule has 0 bridgehead atoms. The second-order valence-corrected chi connectivity index (χ2v) is 3.08. The van der Waals surface area contributed by atoms with Gasteiger partial charge in [0.2, 0.25) is 0 Å². The zero-order valence-electron chi connectivity index (χ0n) is 8.43. The summed E-state index contributed by atoms with van der Waals surface area (Å²) in [6.45, 7) is 2.14. The number of hydrogen-bond donors (Lipinski definition) is 1. The van der Waals surface area contributed by atoms with Crippen LogP contribution in [0, 0.1) is 0 Å². The maximum Gasteiger partial charge on any atom is 0.426 e. The number of rotatable bonds is 2. The van der Waals surface area contributed by atoms with Gasteiger partial charge in [0.05, 0.1) is 12.1 Å². The summed E-state index contributed by atoms with van der Waals surface area (Å²) < 4.78 is 6.44. The zero-order chi connectivity index (χ0) is 10.7. The van der Waals surface area contributed by atoms with Crippen molar-refractivity contribution in [3.05, 3.63) is 36.5 Å². The standard InChI is InChI=1S/C11H12N2O2/c1-2-15-11(14)12-13-8-7-9-5-3-4-6-10(9)13/h3-8H,2H2,1H3,(H,12,14). The minimum atomic E-state index is -0.446. The van der Waals surface area contributed by atoms with E-state index < -0.39 is 6.09 Å². The van der Waals surface area contributed by atoms with Crippen LogP contribution in [-0.2, 0) is 4.74 Å². The van der Waals surface area contributed by atoms with E-state index in [1.165, 1.54) is 0 Å². The molecule has 0 spiro atoms. The first-order valence-electron chi connectivity index (χ1n) is 4.81. The van der Waals surface area contributed by atoms with Crippen LogP contribution in [0.2, 0.25) is 0 Å². The maximum absolute atomic E-state index is 11.2. The van der Waals surface area contributed by atoms with Crippen LogP contribution in [0.25, 0.3) is 10.9 Å². The van der Waals surface area contributed by atoms with Gasteiger partial charge >= 0.3 is 6.09 Å². The Bertz CT molecular complexity index is 476. The number of hydrogen-bond acceptors (Lipinski definition) is 2. The normalized spacial score (nSPS) is 10.2. The molecule has 4 nitrogen and oxygen atoms in total. The van der Waals surface area contributed by atoms with Gasteiger partial charge in [-0.05, 0) is 19.1 Å². The SMILES string of the molecule is CCOC(=O)Nn1ccc2ccccc21. The van der Waals surface area contributed by atoms with Gasteiger partial charge in [0, 0.05) is 11.6 Å². The van der Waals surface area contributed by atoms with Crippen LogP contribution in [-0.4, -0.2) is 17.4 Å². The fourth-order valence-corrected chi connectivity index (χ4v) is 1.44. The lowest BCUT2D eigenvalue weighted by atomic mass is 10.3. The third-order valence-electron chi connectivity index (χ3n) is 2.09. The first-order valence-corrected chi connectivity index (χ1v) is 4.81. The lowest BCUT2D eigenvalue weighted by molar-refractivity contribution is 0.164. The summed E-state index contributed by atoms with van der Waals surface area (Å²) in [6.07, 6.45) is 1.35. The molecule has 1 amide bonds. The number of benzene rings is 1. The monoisotopic (exact) mass is 204 g/mol. The number of para-hydroxylation sites is 1. The number of nitrogens with one attached hydrogen (secondary N) is 1. The van der Waals surface area contributed by atoms with E-state index >= 15 is 0 Å². The first-order chi connectivity index (χ1) is 7.31. The number of carbonyl (C=O) groups excluding carboxylic acids is 1. The van der Waals surface area contributed by atoms with Crippen LogP contribution in [0.5, 0.6) is 0 Å². The predicted molar refractivity (Wildman–Crippen MR) is 58.3 cm³/mol. The van der Waals surface area contributed by atoms with Gasteiger partial charge < -0.3 is 4.74 Å². The summed E-state index contributed by atoms with van der Waals surface area (Å²) in [6, 6.07) is 9.73. The molecule has 2 rings (SSSR count). The third kappa shape index (κ3) is 1.93. The molecule has 4 heteroatoms. The lowest BCUT2D eigenvalue weighted by Crippen LogP contribution is -2.22. The van der Waals surface area contributed by atoms with E-state index in [4.69, 9.17) is 4.74 Å². The summed E-state index contributed by atoms with van der Waals surface area (Å²) >= 11 is 0. The van der Waals surface area contributed by atoms with E-state index in [2.05, 4.69) is 5.43 Å². The van der Waals surface area contributed by atoms with Crippen molar-refractivity contribution < 1.29 is 9.53 Å². The molecule has 1 N–H and O–H groups in total. The Morgan fingerprint density at radius 2 is 2.20 bits per heavy atom. The average Bonchev–Trinajstić information content (AvgIpc) is 2.62. The van der Waals surface area contributed by atoms with E-state index in [0.717, 1.165) is 10.9 Å². The van der Waals surface area contributed by atoms with Gasteiger partial charge in [0.1, 0.15) is 0 Å². The topological polar surface area (TPSA) is 43.3 Å². The molecule has 15 heavy (non-hydrogen) atoms. The number of ether oxygens (including phenoxy) is 1. The van der Waals surface area contributed by atoms with Gasteiger partial charge in [-0.15, -0.1) is 0 Å². The number of nitrogens with zero attached hydrogens (tertiary/aromatic N) is 1. The highest BCUT2D eigenvalue weighted by atomic mass is 16.5. The minimum Gasteiger partial charge on any atom is -0.449 e. The van der Waals surface area contributed by atoms with Crippen LogP contribution in [0.1, 0.15) is 6.92 Å². The quantitative estimate of drug-likeness (QED) is 0.815.